The Bertz CT molecular complexity index is 202. The van der Waals surface area contributed by atoms with E-state index >= 15 is 0 Å². The van der Waals surface area contributed by atoms with Crippen molar-refractivity contribution in [3.05, 3.63) is 0 Å². The third-order valence-electron chi connectivity index (χ3n) is 3.08. The molecular weight excluding hydrogens is 202 g/mol. The van der Waals surface area contributed by atoms with Crippen molar-refractivity contribution < 1.29 is 9.90 Å². The molecule has 0 aliphatic carbocycles. The number of hydrogen-bond donors (Lipinski definition) is 1. The van der Waals surface area contributed by atoms with Crippen LogP contribution in [-0.4, -0.2) is 34.6 Å². The van der Waals surface area contributed by atoms with E-state index in [0.29, 0.717) is 18.0 Å². The molecule has 0 saturated carbocycles. The zero-order valence-electron chi connectivity index (χ0n) is 11.4. The van der Waals surface area contributed by atoms with Crippen LogP contribution in [0.3, 0.4) is 0 Å². The molecule has 3 nitrogen and oxygen atoms in total. The van der Waals surface area contributed by atoms with Crippen molar-refractivity contribution in [3.63, 3.8) is 0 Å². The summed E-state index contributed by atoms with van der Waals surface area (Å²) >= 11 is 0. The van der Waals surface area contributed by atoms with Crippen molar-refractivity contribution in [2.24, 2.45) is 5.92 Å². The Hall–Kier alpha value is -0.570. The summed E-state index contributed by atoms with van der Waals surface area (Å²) in [5, 5.41) is 8.65. The normalized spacial score (nSPS) is 13.8. The van der Waals surface area contributed by atoms with Gasteiger partial charge in [-0.15, -0.1) is 0 Å². The quantitative estimate of drug-likeness (QED) is 0.695. The summed E-state index contributed by atoms with van der Waals surface area (Å²) in [5.41, 5.74) is 0. The Labute approximate surface area is 99.8 Å². The van der Waals surface area contributed by atoms with E-state index in [0.717, 1.165) is 19.4 Å². The molecule has 0 spiro atoms. The average Bonchev–Trinajstić information content (AvgIpc) is 2.15. The lowest BCUT2D eigenvalue weighted by Crippen LogP contribution is -2.43. The summed E-state index contributed by atoms with van der Waals surface area (Å²) in [5.74, 6) is -0.0708. The zero-order valence-corrected chi connectivity index (χ0v) is 11.4. The fraction of sp³-hybridized carbons (Fsp3) is 0.923. The minimum absolute atomic E-state index is 0.276. The molecule has 0 aromatic rings. The van der Waals surface area contributed by atoms with E-state index in [-0.39, 0.29) is 6.42 Å². The van der Waals surface area contributed by atoms with Crippen molar-refractivity contribution >= 4 is 5.97 Å². The predicted molar refractivity (Wildman–Crippen MR) is 67.6 cm³/mol. The Kier molecular flexibility index (Phi) is 7.39. The Morgan fingerprint density at radius 1 is 1.25 bits per heavy atom. The summed E-state index contributed by atoms with van der Waals surface area (Å²) in [6.45, 7) is 11.9. The van der Waals surface area contributed by atoms with Crippen molar-refractivity contribution in [2.45, 2.75) is 66.0 Å². The molecule has 0 fully saturated rings. The molecule has 16 heavy (non-hydrogen) atoms. The Balaban J connectivity index is 4.30. The molecule has 0 amide bonds. The highest BCUT2D eigenvalue weighted by atomic mass is 16.4. The topological polar surface area (TPSA) is 40.5 Å². The van der Waals surface area contributed by atoms with Crippen molar-refractivity contribution in [1.82, 2.24) is 4.90 Å². The first-order valence-corrected chi connectivity index (χ1v) is 6.37. The van der Waals surface area contributed by atoms with Crippen LogP contribution in [0.4, 0.5) is 0 Å². The second-order valence-corrected chi connectivity index (χ2v) is 5.05. The molecule has 0 rings (SSSR count). The molecule has 1 unspecified atom stereocenters. The first kappa shape index (κ1) is 15.4. The molecule has 0 saturated heterocycles. The lowest BCUT2D eigenvalue weighted by molar-refractivity contribution is -0.137. The van der Waals surface area contributed by atoms with Gasteiger partial charge in [0.1, 0.15) is 0 Å². The van der Waals surface area contributed by atoms with Gasteiger partial charge in [0.05, 0.1) is 0 Å². The van der Waals surface area contributed by atoms with E-state index < -0.39 is 5.97 Å². The third kappa shape index (κ3) is 5.50. The maximum Gasteiger partial charge on any atom is 0.303 e. The van der Waals surface area contributed by atoms with Gasteiger partial charge >= 0.3 is 5.97 Å². The molecule has 1 N–H and O–H groups in total. The molecule has 0 radical (unpaired) electrons. The number of hydrogen-bond acceptors (Lipinski definition) is 2. The van der Waals surface area contributed by atoms with Crippen molar-refractivity contribution in [1.29, 1.82) is 0 Å². The van der Waals surface area contributed by atoms with Crippen LogP contribution in [0.5, 0.6) is 0 Å². The SMILES string of the molecule is CCC(C(C)C)N(CCCC(=O)O)C(C)C. The van der Waals surface area contributed by atoms with Crippen molar-refractivity contribution in [3.8, 4) is 0 Å². The lowest BCUT2D eigenvalue weighted by atomic mass is 9.98. The van der Waals surface area contributed by atoms with Crippen LogP contribution in [-0.2, 0) is 4.79 Å². The van der Waals surface area contributed by atoms with Gasteiger partial charge in [0.25, 0.3) is 0 Å². The largest absolute Gasteiger partial charge is 0.481 e. The summed E-state index contributed by atoms with van der Waals surface area (Å²) in [7, 11) is 0. The maximum absolute atomic E-state index is 10.5. The number of aliphatic carboxylic acids is 1. The molecule has 96 valence electrons. The van der Waals surface area contributed by atoms with Crippen LogP contribution >= 0.6 is 0 Å². The highest BCUT2D eigenvalue weighted by Crippen LogP contribution is 2.18. The minimum Gasteiger partial charge on any atom is -0.481 e. The van der Waals surface area contributed by atoms with Crippen LogP contribution < -0.4 is 0 Å². The zero-order chi connectivity index (χ0) is 12.7. The first-order chi connectivity index (χ1) is 7.40. The molecule has 3 heteroatoms. The highest BCUT2D eigenvalue weighted by Gasteiger charge is 2.22. The number of carboxylic acids is 1. The summed E-state index contributed by atoms with van der Waals surface area (Å²) in [4.78, 5) is 12.9. The van der Waals surface area contributed by atoms with Gasteiger partial charge in [-0.3, -0.25) is 9.69 Å². The first-order valence-electron chi connectivity index (χ1n) is 6.37. The minimum atomic E-state index is -0.693. The molecule has 1 atom stereocenters. The van der Waals surface area contributed by atoms with Crippen LogP contribution in [0.1, 0.15) is 53.9 Å². The summed E-state index contributed by atoms with van der Waals surface area (Å²) in [6.07, 6.45) is 2.15. The molecule has 0 aliphatic heterocycles. The average molecular weight is 229 g/mol. The third-order valence-corrected chi connectivity index (χ3v) is 3.08. The van der Waals surface area contributed by atoms with E-state index in [4.69, 9.17) is 5.11 Å². The fourth-order valence-electron chi connectivity index (χ4n) is 2.31. The second-order valence-electron chi connectivity index (χ2n) is 5.05. The van der Waals surface area contributed by atoms with Crippen molar-refractivity contribution in [2.75, 3.05) is 6.54 Å². The van der Waals surface area contributed by atoms with E-state index in [1.165, 1.54) is 0 Å². The number of carboxylic acid groups (broad SMARTS) is 1. The van der Waals surface area contributed by atoms with Gasteiger partial charge in [0, 0.05) is 18.5 Å². The molecule has 0 aromatic heterocycles. The van der Waals surface area contributed by atoms with Crippen LogP contribution in [0.25, 0.3) is 0 Å². The maximum atomic E-state index is 10.5. The predicted octanol–water partition coefficient (Wildman–Crippen LogP) is 3.00. The molecule has 0 bridgehead atoms. The Morgan fingerprint density at radius 3 is 2.12 bits per heavy atom. The van der Waals surface area contributed by atoms with Gasteiger partial charge < -0.3 is 5.11 Å². The lowest BCUT2D eigenvalue weighted by Gasteiger charge is -2.37. The van der Waals surface area contributed by atoms with E-state index in [2.05, 4.69) is 39.5 Å². The highest BCUT2D eigenvalue weighted by molar-refractivity contribution is 5.66. The summed E-state index contributed by atoms with van der Waals surface area (Å²) in [6, 6.07) is 1.05. The van der Waals surface area contributed by atoms with Crippen LogP contribution in [0.15, 0.2) is 0 Å². The van der Waals surface area contributed by atoms with Gasteiger partial charge in [-0.1, -0.05) is 20.8 Å². The van der Waals surface area contributed by atoms with Gasteiger partial charge in [-0.2, -0.15) is 0 Å². The van der Waals surface area contributed by atoms with Gasteiger partial charge in [0.2, 0.25) is 0 Å². The Morgan fingerprint density at radius 2 is 1.81 bits per heavy atom. The van der Waals surface area contributed by atoms with Gasteiger partial charge in [-0.05, 0) is 39.2 Å². The van der Waals surface area contributed by atoms with Crippen LogP contribution in [0, 0.1) is 5.92 Å². The fourth-order valence-corrected chi connectivity index (χ4v) is 2.31. The second kappa shape index (κ2) is 7.66. The van der Waals surface area contributed by atoms with Gasteiger partial charge in [-0.25, -0.2) is 0 Å². The smallest absolute Gasteiger partial charge is 0.303 e. The number of rotatable bonds is 8. The van der Waals surface area contributed by atoms with Gasteiger partial charge in [0.15, 0.2) is 0 Å². The molecule has 0 aliphatic rings. The van der Waals surface area contributed by atoms with E-state index in [9.17, 15) is 4.79 Å². The standard InChI is InChI=1S/C13H27NO2/c1-6-12(10(2)3)14(11(4)5)9-7-8-13(15)16/h10-12H,6-9H2,1-5H3,(H,15,16). The molecule has 0 heterocycles. The molecular formula is C13H27NO2. The number of nitrogens with zero attached hydrogens (tertiary/aromatic N) is 1. The summed E-state index contributed by atoms with van der Waals surface area (Å²) < 4.78 is 0. The van der Waals surface area contributed by atoms with E-state index in [1.807, 2.05) is 0 Å². The van der Waals surface area contributed by atoms with E-state index in [1.54, 1.807) is 0 Å². The van der Waals surface area contributed by atoms with Crippen LogP contribution in [0.2, 0.25) is 0 Å². The molecule has 0 aromatic carbocycles. The number of carbonyl (C=O) groups is 1. The monoisotopic (exact) mass is 229 g/mol.